The summed E-state index contributed by atoms with van der Waals surface area (Å²) in [6.07, 6.45) is -1.21. The van der Waals surface area contributed by atoms with E-state index in [0.717, 1.165) is 5.56 Å². The van der Waals surface area contributed by atoms with E-state index in [1.54, 1.807) is 19.1 Å². The van der Waals surface area contributed by atoms with Crippen molar-refractivity contribution < 1.29 is 9.53 Å². The van der Waals surface area contributed by atoms with Crippen LogP contribution >= 0.6 is 11.6 Å². The number of hydrogen-bond donors (Lipinski definition) is 1. The quantitative estimate of drug-likeness (QED) is 0.796. The van der Waals surface area contributed by atoms with Crippen molar-refractivity contribution in [3.05, 3.63) is 34.9 Å². The Balaban J connectivity index is 2.82. The second-order valence-corrected chi connectivity index (χ2v) is 3.01. The second-order valence-electron chi connectivity index (χ2n) is 2.60. The second kappa shape index (κ2) is 4.14. The van der Waals surface area contributed by atoms with E-state index in [1.807, 2.05) is 12.1 Å². The molecule has 0 bridgehead atoms. The van der Waals surface area contributed by atoms with Gasteiger partial charge in [0.1, 0.15) is 6.10 Å². The molecule has 0 aliphatic rings. The number of hydrogen-bond acceptors (Lipinski definition) is 2. The van der Waals surface area contributed by atoms with Crippen molar-refractivity contribution in [2.24, 2.45) is 5.73 Å². The molecule has 0 aliphatic carbocycles. The smallest absolute Gasteiger partial charge is 0.405 e. The van der Waals surface area contributed by atoms with E-state index in [0.29, 0.717) is 5.02 Å². The number of carbonyl (C=O) groups excluding carboxylic acids is 1. The van der Waals surface area contributed by atoms with Crippen molar-refractivity contribution in [3.63, 3.8) is 0 Å². The highest BCUT2D eigenvalue weighted by atomic mass is 35.5. The Bertz CT molecular complexity index is 314. The maximum Gasteiger partial charge on any atom is 0.405 e. The third-order valence-corrected chi connectivity index (χ3v) is 1.98. The summed E-state index contributed by atoms with van der Waals surface area (Å²) >= 11 is 5.87. The van der Waals surface area contributed by atoms with Gasteiger partial charge in [-0.25, -0.2) is 4.79 Å². The highest BCUT2D eigenvalue weighted by molar-refractivity contribution is 6.31. The molecule has 0 aromatic heterocycles. The van der Waals surface area contributed by atoms with Crippen LogP contribution in [-0.2, 0) is 4.74 Å². The number of rotatable bonds is 2. The molecular formula is C9H10ClNO2. The predicted molar refractivity (Wildman–Crippen MR) is 50.5 cm³/mol. The van der Waals surface area contributed by atoms with Gasteiger partial charge in [-0.1, -0.05) is 29.8 Å². The molecule has 0 saturated carbocycles. The van der Waals surface area contributed by atoms with Gasteiger partial charge in [0, 0.05) is 10.6 Å². The molecule has 1 aromatic rings. The Morgan fingerprint density at radius 3 is 2.69 bits per heavy atom. The van der Waals surface area contributed by atoms with Crippen molar-refractivity contribution in [2.45, 2.75) is 13.0 Å². The molecule has 0 unspecified atom stereocenters. The van der Waals surface area contributed by atoms with Crippen molar-refractivity contribution in [1.82, 2.24) is 0 Å². The number of carbonyl (C=O) groups is 1. The lowest BCUT2D eigenvalue weighted by atomic mass is 10.1. The predicted octanol–water partition coefficient (Wildman–Crippen LogP) is 2.50. The fourth-order valence-corrected chi connectivity index (χ4v) is 1.33. The van der Waals surface area contributed by atoms with E-state index >= 15 is 0 Å². The molecule has 1 amide bonds. The zero-order chi connectivity index (χ0) is 9.84. The van der Waals surface area contributed by atoms with Crippen LogP contribution in [0.3, 0.4) is 0 Å². The lowest BCUT2D eigenvalue weighted by molar-refractivity contribution is 0.116. The molecule has 13 heavy (non-hydrogen) atoms. The van der Waals surface area contributed by atoms with Gasteiger partial charge < -0.3 is 10.5 Å². The minimum atomic E-state index is -0.799. The monoisotopic (exact) mass is 199 g/mol. The molecule has 0 heterocycles. The Labute approximate surface area is 81.4 Å². The summed E-state index contributed by atoms with van der Waals surface area (Å²) in [5, 5.41) is 0.566. The number of nitrogens with two attached hydrogens (primary N) is 1. The van der Waals surface area contributed by atoms with E-state index in [2.05, 4.69) is 0 Å². The topological polar surface area (TPSA) is 52.3 Å². The number of halogens is 1. The molecule has 2 N–H and O–H groups in total. The molecule has 1 atom stereocenters. The third kappa shape index (κ3) is 2.63. The first-order valence-corrected chi connectivity index (χ1v) is 4.19. The van der Waals surface area contributed by atoms with Crippen molar-refractivity contribution in [3.8, 4) is 0 Å². The number of amides is 1. The molecule has 0 aliphatic heterocycles. The fourth-order valence-electron chi connectivity index (χ4n) is 1.04. The van der Waals surface area contributed by atoms with Crippen LogP contribution in [0.1, 0.15) is 18.6 Å². The van der Waals surface area contributed by atoms with Gasteiger partial charge in [0.2, 0.25) is 0 Å². The van der Waals surface area contributed by atoms with Crippen LogP contribution in [-0.4, -0.2) is 6.09 Å². The Morgan fingerprint density at radius 1 is 1.54 bits per heavy atom. The normalized spacial score (nSPS) is 12.2. The van der Waals surface area contributed by atoms with Crippen molar-refractivity contribution in [2.75, 3.05) is 0 Å². The van der Waals surface area contributed by atoms with Crippen LogP contribution in [0.15, 0.2) is 24.3 Å². The molecular weight excluding hydrogens is 190 g/mol. The summed E-state index contributed by atoms with van der Waals surface area (Å²) in [7, 11) is 0. The van der Waals surface area contributed by atoms with Gasteiger partial charge in [0.15, 0.2) is 0 Å². The van der Waals surface area contributed by atoms with E-state index in [4.69, 9.17) is 22.1 Å². The number of ether oxygens (including phenoxy) is 1. The lowest BCUT2D eigenvalue weighted by Gasteiger charge is -2.12. The first kappa shape index (κ1) is 9.86. The Kier molecular flexibility index (Phi) is 3.14. The van der Waals surface area contributed by atoms with Gasteiger partial charge in [-0.15, -0.1) is 0 Å². The molecule has 0 fully saturated rings. The van der Waals surface area contributed by atoms with Gasteiger partial charge in [-0.05, 0) is 13.0 Å². The standard InChI is InChI=1S/C9H10ClNO2/c1-6(13-9(11)12)7-4-2-3-5-8(7)10/h2-6H,1H3,(H2,11,12)/t6-/m0/s1. The van der Waals surface area contributed by atoms with Crippen molar-refractivity contribution >= 4 is 17.7 Å². The van der Waals surface area contributed by atoms with Crippen LogP contribution < -0.4 is 5.73 Å². The highest BCUT2D eigenvalue weighted by Gasteiger charge is 2.11. The maximum atomic E-state index is 10.5. The summed E-state index contributed by atoms with van der Waals surface area (Å²) in [5.74, 6) is 0. The lowest BCUT2D eigenvalue weighted by Crippen LogP contribution is -2.15. The summed E-state index contributed by atoms with van der Waals surface area (Å²) < 4.78 is 4.77. The SMILES string of the molecule is C[C@H](OC(N)=O)c1ccccc1Cl. The third-order valence-electron chi connectivity index (χ3n) is 1.64. The van der Waals surface area contributed by atoms with E-state index < -0.39 is 12.2 Å². The average Bonchev–Trinajstić information content (AvgIpc) is 2.03. The molecule has 3 nitrogen and oxygen atoms in total. The van der Waals surface area contributed by atoms with Crippen LogP contribution in [0.4, 0.5) is 4.79 Å². The Morgan fingerprint density at radius 2 is 2.15 bits per heavy atom. The first-order chi connectivity index (χ1) is 6.11. The number of primary amides is 1. The highest BCUT2D eigenvalue weighted by Crippen LogP contribution is 2.24. The average molecular weight is 200 g/mol. The van der Waals surface area contributed by atoms with Crippen LogP contribution in [0.2, 0.25) is 5.02 Å². The van der Waals surface area contributed by atoms with Gasteiger partial charge in [-0.3, -0.25) is 0 Å². The molecule has 0 saturated heterocycles. The van der Waals surface area contributed by atoms with E-state index in [9.17, 15) is 4.79 Å². The first-order valence-electron chi connectivity index (χ1n) is 3.81. The van der Waals surface area contributed by atoms with Crippen LogP contribution in [0.25, 0.3) is 0 Å². The minimum Gasteiger partial charge on any atom is -0.442 e. The summed E-state index contributed by atoms with van der Waals surface area (Å²) in [4.78, 5) is 10.5. The summed E-state index contributed by atoms with van der Waals surface area (Å²) in [6, 6.07) is 7.15. The van der Waals surface area contributed by atoms with Gasteiger partial charge in [0.05, 0.1) is 0 Å². The zero-order valence-corrected chi connectivity index (χ0v) is 7.91. The van der Waals surface area contributed by atoms with Gasteiger partial charge in [0.25, 0.3) is 0 Å². The molecule has 0 radical (unpaired) electrons. The van der Waals surface area contributed by atoms with Crippen LogP contribution in [0, 0.1) is 0 Å². The fraction of sp³-hybridized carbons (Fsp3) is 0.222. The van der Waals surface area contributed by atoms with E-state index in [-0.39, 0.29) is 0 Å². The Hall–Kier alpha value is -1.22. The van der Waals surface area contributed by atoms with E-state index in [1.165, 1.54) is 0 Å². The summed E-state index contributed by atoms with van der Waals surface area (Å²) in [5.41, 5.74) is 5.63. The van der Waals surface area contributed by atoms with Crippen LogP contribution in [0.5, 0.6) is 0 Å². The molecule has 4 heteroatoms. The van der Waals surface area contributed by atoms with Crippen molar-refractivity contribution in [1.29, 1.82) is 0 Å². The molecule has 70 valence electrons. The number of benzene rings is 1. The molecule has 1 aromatic carbocycles. The molecule has 0 spiro atoms. The maximum absolute atomic E-state index is 10.5. The summed E-state index contributed by atoms with van der Waals surface area (Å²) in [6.45, 7) is 1.71. The molecule has 1 rings (SSSR count). The van der Waals surface area contributed by atoms with Gasteiger partial charge in [-0.2, -0.15) is 0 Å². The minimum absolute atomic E-state index is 0.411. The van der Waals surface area contributed by atoms with Gasteiger partial charge >= 0.3 is 6.09 Å². The largest absolute Gasteiger partial charge is 0.442 e. The zero-order valence-electron chi connectivity index (χ0n) is 7.16.